The van der Waals surface area contributed by atoms with Crippen LogP contribution in [-0.2, 0) is 0 Å². The van der Waals surface area contributed by atoms with E-state index in [1.54, 1.807) is 6.21 Å². The van der Waals surface area contributed by atoms with Gasteiger partial charge in [-0.05, 0) is 51.0 Å². The molecule has 17 heavy (non-hydrogen) atoms. The van der Waals surface area contributed by atoms with E-state index in [1.165, 1.54) is 11.1 Å². The number of nitrogens with zero attached hydrogens (tertiary/aromatic N) is 1. The summed E-state index contributed by atoms with van der Waals surface area (Å²) >= 11 is 5.06. The molecule has 1 aromatic rings. The molecule has 0 amide bonds. The van der Waals surface area contributed by atoms with E-state index in [0.29, 0.717) is 11.2 Å². The molecule has 4 heteroatoms. The Morgan fingerprint density at radius 1 is 1.35 bits per heavy atom. The topological polar surface area (TPSA) is 36.4 Å². The van der Waals surface area contributed by atoms with Crippen LogP contribution in [0.5, 0.6) is 0 Å². The van der Waals surface area contributed by atoms with Gasteiger partial charge in [-0.2, -0.15) is 5.10 Å². The van der Waals surface area contributed by atoms with Crippen LogP contribution in [-0.4, -0.2) is 17.4 Å². The molecule has 0 saturated heterocycles. The van der Waals surface area contributed by atoms with Gasteiger partial charge >= 0.3 is 0 Å². The molecule has 0 saturated carbocycles. The Labute approximate surface area is 108 Å². The minimum Gasteiger partial charge on any atom is -0.359 e. The highest BCUT2D eigenvalue weighted by Crippen LogP contribution is 2.07. The maximum Gasteiger partial charge on any atom is 0.187 e. The van der Waals surface area contributed by atoms with Crippen LogP contribution >= 0.6 is 12.2 Å². The lowest BCUT2D eigenvalue weighted by Gasteiger charge is -2.09. The number of hydrazone groups is 1. The quantitative estimate of drug-likeness (QED) is 0.491. The third kappa shape index (κ3) is 4.95. The third-order valence-electron chi connectivity index (χ3n) is 2.21. The molecular weight excluding hydrogens is 230 g/mol. The largest absolute Gasteiger partial charge is 0.359 e. The number of hydrogen-bond donors (Lipinski definition) is 2. The van der Waals surface area contributed by atoms with Crippen molar-refractivity contribution in [2.75, 3.05) is 0 Å². The van der Waals surface area contributed by atoms with Crippen LogP contribution in [0.2, 0.25) is 0 Å². The lowest BCUT2D eigenvalue weighted by molar-refractivity contribution is 0.720. The monoisotopic (exact) mass is 249 g/mol. The lowest BCUT2D eigenvalue weighted by atomic mass is 10.1. The summed E-state index contributed by atoms with van der Waals surface area (Å²) in [5.74, 6) is 0. The molecule has 0 aromatic heterocycles. The number of hydrogen-bond acceptors (Lipinski definition) is 2. The van der Waals surface area contributed by atoms with Gasteiger partial charge < -0.3 is 5.32 Å². The van der Waals surface area contributed by atoms with Gasteiger partial charge in [-0.3, -0.25) is 5.43 Å². The first kappa shape index (κ1) is 13.6. The van der Waals surface area contributed by atoms with E-state index in [-0.39, 0.29) is 0 Å². The van der Waals surface area contributed by atoms with Crippen molar-refractivity contribution in [1.82, 2.24) is 10.7 Å². The average molecular weight is 249 g/mol. The molecule has 92 valence electrons. The molecule has 1 rings (SSSR count). The predicted octanol–water partition coefficient (Wildman–Crippen LogP) is 2.51. The van der Waals surface area contributed by atoms with Gasteiger partial charge in [0.15, 0.2) is 5.11 Å². The second kappa shape index (κ2) is 6.35. The van der Waals surface area contributed by atoms with Gasteiger partial charge in [0.2, 0.25) is 0 Å². The van der Waals surface area contributed by atoms with Crippen molar-refractivity contribution in [2.45, 2.75) is 33.7 Å². The fourth-order valence-electron chi connectivity index (χ4n) is 1.43. The van der Waals surface area contributed by atoms with Crippen molar-refractivity contribution < 1.29 is 0 Å². The summed E-state index contributed by atoms with van der Waals surface area (Å²) in [7, 11) is 0. The molecule has 0 unspecified atom stereocenters. The van der Waals surface area contributed by atoms with Crippen LogP contribution in [0.1, 0.15) is 30.5 Å². The molecule has 0 radical (unpaired) electrons. The number of thiocarbonyl (C=S) groups is 1. The minimum atomic E-state index is 0.311. The molecule has 0 fully saturated rings. The molecule has 0 atom stereocenters. The molecule has 3 nitrogen and oxygen atoms in total. The molecule has 0 bridgehead atoms. The minimum absolute atomic E-state index is 0.311. The van der Waals surface area contributed by atoms with Crippen molar-refractivity contribution in [2.24, 2.45) is 5.10 Å². The summed E-state index contributed by atoms with van der Waals surface area (Å²) in [5.41, 5.74) is 6.35. The zero-order chi connectivity index (χ0) is 12.8. The molecule has 1 aromatic carbocycles. The van der Waals surface area contributed by atoms with Crippen molar-refractivity contribution >= 4 is 23.5 Å². The predicted molar refractivity (Wildman–Crippen MR) is 77.5 cm³/mol. The summed E-state index contributed by atoms with van der Waals surface area (Å²) in [4.78, 5) is 0. The molecule has 2 N–H and O–H groups in total. The normalized spacial score (nSPS) is 10.9. The van der Waals surface area contributed by atoms with Gasteiger partial charge in [-0.15, -0.1) is 0 Å². The van der Waals surface area contributed by atoms with Crippen LogP contribution in [0.15, 0.2) is 23.3 Å². The van der Waals surface area contributed by atoms with E-state index in [4.69, 9.17) is 12.2 Å². The molecule has 0 heterocycles. The Kier molecular flexibility index (Phi) is 5.10. The van der Waals surface area contributed by atoms with E-state index in [1.807, 2.05) is 13.8 Å². The van der Waals surface area contributed by atoms with Gasteiger partial charge in [-0.1, -0.05) is 23.8 Å². The average Bonchev–Trinajstić information content (AvgIpc) is 2.20. The second-order valence-corrected chi connectivity index (χ2v) is 4.77. The molecule has 0 aliphatic rings. The standard InChI is InChI=1S/C13H19N3S/c1-9(2)15-13(17)16-14-8-12-6-5-10(3)7-11(12)4/h5-9H,1-4H3,(H2,15,16,17). The van der Waals surface area contributed by atoms with Crippen molar-refractivity contribution in [3.8, 4) is 0 Å². The highest BCUT2D eigenvalue weighted by atomic mass is 32.1. The Morgan fingerprint density at radius 2 is 2.06 bits per heavy atom. The van der Waals surface area contributed by atoms with Gasteiger partial charge in [0.05, 0.1) is 6.21 Å². The number of aryl methyl sites for hydroxylation is 2. The summed E-state index contributed by atoms with van der Waals surface area (Å²) in [6.45, 7) is 8.20. The molecule has 0 aliphatic carbocycles. The number of nitrogens with one attached hydrogen (secondary N) is 2. The third-order valence-corrected chi connectivity index (χ3v) is 2.42. The van der Waals surface area contributed by atoms with E-state index >= 15 is 0 Å². The summed E-state index contributed by atoms with van der Waals surface area (Å²) in [6.07, 6.45) is 1.78. The van der Waals surface area contributed by atoms with Gasteiger partial charge in [-0.25, -0.2) is 0 Å². The highest BCUT2D eigenvalue weighted by Gasteiger charge is 1.97. The van der Waals surface area contributed by atoms with Crippen LogP contribution in [0.25, 0.3) is 0 Å². The second-order valence-electron chi connectivity index (χ2n) is 4.36. The van der Waals surface area contributed by atoms with Crippen molar-refractivity contribution in [3.63, 3.8) is 0 Å². The molecule has 0 spiro atoms. The van der Waals surface area contributed by atoms with Gasteiger partial charge in [0.25, 0.3) is 0 Å². The first-order valence-corrected chi connectivity index (χ1v) is 6.06. The van der Waals surface area contributed by atoms with Crippen LogP contribution in [0, 0.1) is 13.8 Å². The Hall–Kier alpha value is -1.42. The number of rotatable bonds is 3. The zero-order valence-corrected chi connectivity index (χ0v) is 11.6. The Balaban J connectivity index is 2.56. The van der Waals surface area contributed by atoms with E-state index in [2.05, 4.69) is 47.9 Å². The SMILES string of the molecule is Cc1ccc(C=NNC(=S)NC(C)C)c(C)c1. The lowest BCUT2D eigenvalue weighted by Crippen LogP contribution is -2.36. The smallest absolute Gasteiger partial charge is 0.187 e. The highest BCUT2D eigenvalue weighted by molar-refractivity contribution is 7.80. The number of benzene rings is 1. The van der Waals surface area contributed by atoms with Crippen molar-refractivity contribution in [1.29, 1.82) is 0 Å². The zero-order valence-electron chi connectivity index (χ0n) is 10.7. The van der Waals surface area contributed by atoms with Crippen LogP contribution < -0.4 is 10.7 Å². The first-order valence-electron chi connectivity index (χ1n) is 5.66. The van der Waals surface area contributed by atoms with E-state index < -0.39 is 0 Å². The Morgan fingerprint density at radius 3 is 2.65 bits per heavy atom. The summed E-state index contributed by atoms with van der Waals surface area (Å²) in [5, 5.41) is 7.71. The maximum absolute atomic E-state index is 5.06. The van der Waals surface area contributed by atoms with Gasteiger partial charge in [0.1, 0.15) is 0 Å². The van der Waals surface area contributed by atoms with Crippen LogP contribution in [0.3, 0.4) is 0 Å². The van der Waals surface area contributed by atoms with E-state index in [9.17, 15) is 0 Å². The summed E-state index contributed by atoms with van der Waals surface area (Å²) < 4.78 is 0. The fraction of sp³-hybridized carbons (Fsp3) is 0.385. The molecule has 0 aliphatic heterocycles. The van der Waals surface area contributed by atoms with E-state index in [0.717, 1.165) is 5.56 Å². The maximum atomic E-state index is 5.06. The van der Waals surface area contributed by atoms with Crippen molar-refractivity contribution in [3.05, 3.63) is 34.9 Å². The Bertz CT molecular complexity index is 425. The van der Waals surface area contributed by atoms with Gasteiger partial charge in [0, 0.05) is 6.04 Å². The molecular formula is C13H19N3S. The fourth-order valence-corrected chi connectivity index (χ4v) is 1.71. The summed E-state index contributed by atoms with van der Waals surface area (Å²) in [6, 6.07) is 6.56. The first-order chi connectivity index (χ1) is 7.99. The van der Waals surface area contributed by atoms with Crippen LogP contribution in [0.4, 0.5) is 0 Å².